The molecule has 0 fully saturated rings. The van der Waals surface area contributed by atoms with Gasteiger partial charge in [0.25, 0.3) is 0 Å². The molecular formula is C15H18N4O2S. The first-order valence-electron chi connectivity index (χ1n) is 6.81. The number of likely N-dealkylation sites (N-methyl/N-ethyl adjacent to an activating group) is 1. The van der Waals surface area contributed by atoms with E-state index >= 15 is 0 Å². The lowest BCUT2D eigenvalue weighted by Crippen LogP contribution is -2.38. The van der Waals surface area contributed by atoms with E-state index in [1.54, 1.807) is 0 Å². The van der Waals surface area contributed by atoms with E-state index < -0.39 is 11.8 Å². The molecule has 0 radical (unpaired) electrons. The minimum absolute atomic E-state index is 0.409. The Bertz CT molecular complexity index is 640. The predicted molar refractivity (Wildman–Crippen MR) is 87.7 cm³/mol. The van der Waals surface area contributed by atoms with Crippen LogP contribution in [-0.2, 0) is 9.59 Å². The summed E-state index contributed by atoms with van der Waals surface area (Å²) >= 11 is 1.29. The summed E-state index contributed by atoms with van der Waals surface area (Å²) < 4.78 is 0. The maximum absolute atomic E-state index is 11.8. The number of benzene rings is 1. The highest BCUT2D eigenvalue weighted by Crippen LogP contribution is 2.24. The fourth-order valence-corrected chi connectivity index (χ4v) is 2.41. The van der Waals surface area contributed by atoms with Crippen LogP contribution in [0, 0.1) is 0 Å². The molecule has 6 nitrogen and oxygen atoms in total. The van der Waals surface area contributed by atoms with Crippen molar-refractivity contribution in [3.63, 3.8) is 0 Å². The first-order valence-corrected chi connectivity index (χ1v) is 7.69. The zero-order valence-corrected chi connectivity index (χ0v) is 13.3. The Morgan fingerprint density at radius 3 is 2.59 bits per heavy atom. The van der Waals surface area contributed by atoms with E-state index in [1.807, 2.05) is 54.7 Å². The number of carbonyl (C=O) groups is 2. The molecular weight excluding hydrogens is 300 g/mol. The molecule has 0 atom stereocenters. The van der Waals surface area contributed by atoms with Crippen molar-refractivity contribution in [2.45, 2.75) is 0 Å². The van der Waals surface area contributed by atoms with E-state index in [2.05, 4.69) is 15.6 Å². The molecule has 116 valence electrons. The van der Waals surface area contributed by atoms with Gasteiger partial charge in [-0.1, -0.05) is 30.3 Å². The molecule has 0 aliphatic heterocycles. The van der Waals surface area contributed by atoms with Gasteiger partial charge in [-0.05, 0) is 14.1 Å². The third-order valence-electron chi connectivity index (χ3n) is 2.85. The number of nitrogens with one attached hydrogen (secondary N) is 2. The third kappa shape index (κ3) is 4.64. The minimum atomic E-state index is -0.701. The normalized spacial score (nSPS) is 10.5. The van der Waals surface area contributed by atoms with Crippen molar-refractivity contribution < 1.29 is 9.59 Å². The largest absolute Gasteiger partial charge is 0.347 e. The van der Waals surface area contributed by atoms with Crippen LogP contribution in [0.25, 0.3) is 11.3 Å². The molecule has 0 saturated heterocycles. The molecule has 2 N–H and O–H groups in total. The molecule has 0 unspecified atom stereocenters. The van der Waals surface area contributed by atoms with Gasteiger partial charge in [-0.2, -0.15) is 0 Å². The van der Waals surface area contributed by atoms with Crippen molar-refractivity contribution in [3.05, 3.63) is 35.7 Å². The highest BCUT2D eigenvalue weighted by molar-refractivity contribution is 7.14. The van der Waals surface area contributed by atoms with Crippen molar-refractivity contribution in [3.8, 4) is 11.3 Å². The van der Waals surface area contributed by atoms with Crippen LogP contribution in [0.2, 0.25) is 0 Å². The number of hydrogen-bond donors (Lipinski definition) is 2. The van der Waals surface area contributed by atoms with Crippen LogP contribution in [0.1, 0.15) is 0 Å². The lowest BCUT2D eigenvalue weighted by atomic mass is 10.2. The first-order chi connectivity index (χ1) is 10.6. The molecule has 2 amide bonds. The van der Waals surface area contributed by atoms with Gasteiger partial charge in [-0.3, -0.25) is 14.9 Å². The maximum Gasteiger partial charge on any atom is 0.315 e. The van der Waals surface area contributed by atoms with Gasteiger partial charge < -0.3 is 10.2 Å². The third-order valence-corrected chi connectivity index (χ3v) is 3.60. The Labute approximate surface area is 133 Å². The molecule has 1 aromatic carbocycles. The smallest absolute Gasteiger partial charge is 0.315 e. The fraction of sp³-hybridized carbons (Fsp3) is 0.267. The van der Waals surface area contributed by atoms with E-state index in [1.165, 1.54) is 11.3 Å². The van der Waals surface area contributed by atoms with Crippen molar-refractivity contribution in [1.82, 2.24) is 15.2 Å². The van der Waals surface area contributed by atoms with Gasteiger partial charge in [0.2, 0.25) is 0 Å². The summed E-state index contributed by atoms with van der Waals surface area (Å²) in [7, 11) is 3.79. The van der Waals surface area contributed by atoms with E-state index in [4.69, 9.17) is 0 Å². The number of thiazole rings is 1. The second kappa shape index (κ2) is 7.67. The molecule has 0 saturated carbocycles. The summed E-state index contributed by atoms with van der Waals surface area (Å²) in [6, 6.07) is 9.65. The molecule has 0 aliphatic carbocycles. The molecule has 0 aliphatic rings. The number of amides is 2. The Morgan fingerprint density at radius 1 is 1.18 bits per heavy atom. The standard InChI is InChI=1S/C15H18N4O2S/c1-19(2)9-8-16-13(20)14(21)18-15-17-12(10-22-15)11-6-4-3-5-7-11/h3-7,10H,8-9H2,1-2H3,(H,16,20)(H,17,18,21). The molecule has 1 heterocycles. The van der Waals surface area contributed by atoms with Gasteiger partial charge in [0, 0.05) is 24.0 Å². The zero-order chi connectivity index (χ0) is 15.9. The summed E-state index contributed by atoms with van der Waals surface area (Å²) in [5, 5.41) is 7.32. The zero-order valence-electron chi connectivity index (χ0n) is 12.5. The molecule has 2 aromatic rings. The van der Waals surface area contributed by atoms with Crippen molar-refractivity contribution >= 4 is 28.3 Å². The molecule has 0 spiro atoms. The van der Waals surface area contributed by atoms with Gasteiger partial charge in [0.1, 0.15) is 0 Å². The predicted octanol–water partition coefficient (Wildman–Crippen LogP) is 1.43. The molecule has 22 heavy (non-hydrogen) atoms. The summed E-state index contributed by atoms with van der Waals surface area (Å²) in [5.41, 5.74) is 1.74. The number of nitrogens with zero attached hydrogens (tertiary/aromatic N) is 2. The highest BCUT2D eigenvalue weighted by Gasteiger charge is 2.15. The van der Waals surface area contributed by atoms with Crippen molar-refractivity contribution in [1.29, 1.82) is 0 Å². The monoisotopic (exact) mass is 318 g/mol. The average Bonchev–Trinajstić information content (AvgIpc) is 2.96. The van der Waals surface area contributed by atoms with Crippen LogP contribution < -0.4 is 10.6 Å². The molecule has 1 aromatic heterocycles. The van der Waals surface area contributed by atoms with E-state index in [-0.39, 0.29) is 0 Å². The van der Waals surface area contributed by atoms with Crippen LogP contribution in [0.3, 0.4) is 0 Å². The van der Waals surface area contributed by atoms with Gasteiger partial charge in [0.05, 0.1) is 5.69 Å². The second-order valence-electron chi connectivity index (χ2n) is 4.92. The van der Waals surface area contributed by atoms with E-state index in [0.29, 0.717) is 18.2 Å². The second-order valence-corrected chi connectivity index (χ2v) is 5.78. The van der Waals surface area contributed by atoms with Crippen LogP contribution in [0.15, 0.2) is 35.7 Å². The van der Waals surface area contributed by atoms with Crippen LogP contribution in [0.5, 0.6) is 0 Å². The molecule has 7 heteroatoms. The minimum Gasteiger partial charge on any atom is -0.347 e. The Kier molecular flexibility index (Phi) is 5.62. The first kappa shape index (κ1) is 16.1. The summed E-state index contributed by atoms with van der Waals surface area (Å²) in [6.07, 6.45) is 0. The topological polar surface area (TPSA) is 74.3 Å². The number of anilines is 1. The molecule has 2 rings (SSSR count). The fourth-order valence-electron chi connectivity index (χ4n) is 1.70. The van der Waals surface area contributed by atoms with Gasteiger partial charge in [0.15, 0.2) is 5.13 Å². The van der Waals surface area contributed by atoms with Crippen molar-refractivity contribution in [2.75, 3.05) is 32.5 Å². The highest BCUT2D eigenvalue weighted by atomic mass is 32.1. The maximum atomic E-state index is 11.8. The summed E-state index contributed by atoms with van der Waals surface area (Å²) in [4.78, 5) is 29.6. The van der Waals surface area contributed by atoms with Crippen LogP contribution in [-0.4, -0.2) is 48.9 Å². The Morgan fingerprint density at radius 2 is 1.91 bits per heavy atom. The SMILES string of the molecule is CN(C)CCNC(=O)C(=O)Nc1nc(-c2ccccc2)cs1. The number of aromatic nitrogens is 1. The van der Waals surface area contributed by atoms with Crippen LogP contribution >= 0.6 is 11.3 Å². The number of carbonyl (C=O) groups excluding carboxylic acids is 2. The summed E-state index contributed by atoms with van der Waals surface area (Å²) in [5.74, 6) is -1.36. The van der Waals surface area contributed by atoms with E-state index in [0.717, 1.165) is 11.3 Å². The lowest BCUT2D eigenvalue weighted by molar-refractivity contribution is -0.136. The lowest BCUT2D eigenvalue weighted by Gasteiger charge is -2.09. The Balaban J connectivity index is 1.90. The molecule has 0 bridgehead atoms. The van der Waals surface area contributed by atoms with Gasteiger partial charge in [-0.25, -0.2) is 4.98 Å². The number of hydrogen-bond acceptors (Lipinski definition) is 5. The Hall–Kier alpha value is -2.25. The summed E-state index contributed by atoms with van der Waals surface area (Å²) in [6.45, 7) is 1.10. The average molecular weight is 318 g/mol. The van der Waals surface area contributed by atoms with Gasteiger partial charge in [-0.15, -0.1) is 11.3 Å². The van der Waals surface area contributed by atoms with E-state index in [9.17, 15) is 9.59 Å². The number of rotatable bonds is 5. The van der Waals surface area contributed by atoms with Crippen molar-refractivity contribution in [2.24, 2.45) is 0 Å². The van der Waals surface area contributed by atoms with Gasteiger partial charge >= 0.3 is 11.8 Å². The quantitative estimate of drug-likeness (QED) is 0.818. The van der Waals surface area contributed by atoms with Crippen LogP contribution in [0.4, 0.5) is 5.13 Å².